The van der Waals surface area contributed by atoms with Crippen molar-refractivity contribution in [2.75, 3.05) is 19.4 Å². The maximum Gasteiger partial charge on any atom is 0.305 e. The quantitative estimate of drug-likeness (QED) is 0.264. The number of nitrogens with zero attached hydrogens (tertiary/aromatic N) is 2. The number of esters is 1. The van der Waals surface area contributed by atoms with Crippen LogP contribution in [0.25, 0.3) is 10.9 Å². The number of thioether (sulfide) groups is 1. The highest BCUT2D eigenvalue weighted by Gasteiger charge is 2.14. The second kappa shape index (κ2) is 11.2. The van der Waals surface area contributed by atoms with Gasteiger partial charge >= 0.3 is 5.97 Å². The molecule has 2 rings (SSSR count). The fraction of sp³-hybridized carbons (Fsp3) is 0.500. The monoisotopic (exact) mass is 439 g/mol. The van der Waals surface area contributed by atoms with Gasteiger partial charge in [-0.1, -0.05) is 37.2 Å². The smallest absolute Gasteiger partial charge is 0.305 e. The Labute approximate surface area is 179 Å². The maximum atomic E-state index is 12.9. The van der Waals surface area contributed by atoms with Crippen LogP contribution in [0.3, 0.4) is 0 Å². The number of rotatable bonds is 10. The van der Waals surface area contributed by atoms with Crippen molar-refractivity contribution < 1.29 is 14.3 Å². The van der Waals surface area contributed by atoms with E-state index in [0.717, 1.165) is 6.42 Å². The van der Waals surface area contributed by atoms with Crippen LogP contribution in [0.4, 0.5) is 0 Å². The van der Waals surface area contributed by atoms with Gasteiger partial charge in [-0.2, -0.15) is 0 Å². The third kappa shape index (κ3) is 7.04. The highest BCUT2D eigenvalue weighted by Crippen LogP contribution is 2.21. The molecule has 1 aromatic carbocycles. The van der Waals surface area contributed by atoms with E-state index < -0.39 is 0 Å². The molecule has 2 aromatic rings. The van der Waals surface area contributed by atoms with E-state index in [1.807, 2.05) is 0 Å². The van der Waals surface area contributed by atoms with Gasteiger partial charge in [0.25, 0.3) is 5.56 Å². The number of nitrogens with one attached hydrogen (secondary N) is 1. The number of carbonyl (C=O) groups is 2. The topological polar surface area (TPSA) is 90.3 Å². The van der Waals surface area contributed by atoms with Gasteiger partial charge in [-0.25, -0.2) is 4.98 Å². The molecule has 29 heavy (non-hydrogen) atoms. The van der Waals surface area contributed by atoms with Gasteiger partial charge in [-0.3, -0.25) is 19.0 Å². The molecule has 1 amide bonds. The number of halogens is 1. The van der Waals surface area contributed by atoms with Gasteiger partial charge in [0.05, 0.1) is 23.8 Å². The molecule has 7 nitrogen and oxygen atoms in total. The van der Waals surface area contributed by atoms with Crippen molar-refractivity contribution in [3.05, 3.63) is 33.6 Å². The lowest BCUT2D eigenvalue weighted by molar-refractivity contribution is -0.140. The fourth-order valence-electron chi connectivity index (χ4n) is 2.61. The molecule has 0 radical (unpaired) electrons. The van der Waals surface area contributed by atoms with Crippen LogP contribution in [-0.4, -0.2) is 40.8 Å². The fourth-order valence-corrected chi connectivity index (χ4v) is 3.63. The number of fused-ring (bicyclic) bond motifs is 1. The molecule has 0 unspecified atom stereocenters. The number of hydrogen-bond donors (Lipinski definition) is 1. The van der Waals surface area contributed by atoms with Gasteiger partial charge in [0.1, 0.15) is 0 Å². The normalized spacial score (nSPS) is 11.1. The lowest BCUT2D eigenvalue weighted by Crippen LogP contribution is -2.28. The third-order valence-electron chi connectivity index (χ3n) is 4.25. The Morgan fingerprint density at radius 1 is 1.34 bits per heavy atom. The predicted octanol–water partition coefficient (Wildman–Crippen LogP) is 3.26. The summed E-state index contributed by atoms with van der Waals surface area (Å²) in [6.07, 6.45) is 1.59. The molecule has 0 atom stereocenters. The number of carbonyl (C=O) groups excluding carboxylic acids is 2. The number of hydrogen-bond acceptors (Lipinski definition) is 6. The number of aromatic nitrogens is 2. The van der Waals surface area contributed by atoms with Crippen LogP contribution in [-0.2, 0) is 20.9 Å². The van der Waals surface area contributed by atoms with E-state index in [2.05, 4.69) is 28.9 Å². The largest absolute Gasteiger partial charge is 0.469 e. The predicted molar refractivity (Wildman–Crippen MR) is 115 cm³/mol. The van der Waals surface area contributed by atoms with E-state index in [1.165, 1.54) is 18.9 Å². The van der Waals surface area contributed by atoms with Gasteiger partial charge < -0.3 is 10.1 Å². The Bertz CT molecular complexity index is 930. The molecule has 0 saturated heterocycles. The Hall–Kier alpha value is -2.06. The lowest BCUT2D eigenvalue weighted by atomic mass is 10.1. The molecule has 9 heteroatoms. The van der Waals surface area contributed by atoms with Crippen molar-refractivity contribution >= 4 is 46.1 Å². The van der Waals surface area contributed by atoms with Gasteiger partial charge in [0.15, 0.2) is 5.16 Å². The second-order valence-electron chi connectivity index (χ2n) is 7.01. The molecule has 158 valence electrons. The molecule has 0 spiro atoms. The number of amides is 1. The van der Waals surface area contributed by atoms with E-state index in [1.54, 1.807) is 22.8 Å². The van der Waals surface area contributed by atoms with Crippen LogP contribution in [0, 0.1) is 5.92 Å². The van der Waals surface area contributed by atoms with Gasteiger partial charge in [0.2, 0.25) is 5.91 Å². The van der Waals surface area contributed by atoms with Gasteiger partial charge in [0, 0.05) is 24.5 Å². The summed E-state index contributed by atoms with van der Waals surface area (Å²) in [5, 5.41) is 4.27. The molecule has 0 aliphatic carbocycles. The van der Waals surface area contributed by atoms with Crippen molar-refractivity contribution in [3.63, 3.8) is 0 Å². The number of methoxy groups -OCH3 is 1. The standard InChI is InChI=1S/C20H26ClN3O4S/c1-13(2)8-10-24-19(27)15-7-6-14(21)11-16(15)23-20(24)29-12-17(25)22-9-4-5-18(26)28-3/h6-7,11,13H,4-5,8-10,12H2,1-3H3,(H,22,25). The molecule has 1 N–H and O–H groups in total. The average molecular weight is 440 g/mol. The maximum absolute atomic E-state index is 12.9. The highest BCUT2D eigenvalue weighted by atomic mass is 35.5. The second-order valence-corrected chi connectivity index (χ2v) is 8.39. The molecule has 0 aliphatic rings. The molecular weight excluding hydrogens is 414 g/mol. The minimum atomic E-state index is -0.304. The summed E-state index contributed by atoms with van der Waals surface area (Å²) in [5.74, 6) is 0.0645. The summed E-state index contributed by atoms with van der Waals surface area (Å²) in [7, 11) is 1.33. The van der Waals surface area contributed by atoms with E-state index in [-0.39, 0.29) is 29.6 Å². The van der Waals surface area contributed by atoms with Crippen molar-refractivity contribution in [1.82, 2.24) is 14.9 Å². The zero-order valence-electron chi connectivity index (χ0n) is 16.9. The first-order chi connectivity index (χ1) is 13.8. The summed E-state index contributed by atoms with van der Waals surface area (Å²) in [4.78, 5) is 40.7. The average Bonchev–Trinajstić information content (AvgIpc) is 2.68. The molecule has 0 bridgehead atoms. The van der Waals surface area contributed by atoms with Crippen LogP contribution in [0.15, 0.2) is 28.2 Å². The van der Waals surface area contributed by atoms with E-state index in [9.17, 15) is 14.4 Å². The summed E-state index contributed by atoms with van der Waals surface area (Å²) < 4.78 is 6.19. The van der Waals surface area contributed by atoms with Gasteiger partial charge in [-0.05, 0) is 37.0 Å². The van der Waals surface area contributed by atoms with Crippen molar-refractivity contribution in [3.8, 4) is 0 Å². The van der Waals surface area contributed by atoms with Gasteiger partial charge in [-0.15, -0.1) is 0 Å². The molecular formula is C20H26ClN3O4S. The van der Waals surface area contributed by atoms with Crippen molar-refractivity contribution in [2.45, 2.75) is 44.8 Å². The molecule has 0 saturated carbocycles. The highest BCUT2D eigenvalue weighted by molar-refractivity contribution is 7.99. The van der Waals surface area contributed by atoms with E-state index in [0.29, 0.717) is 46.5 Å². The Kier molecular flexibility index (Phi) is 8.98. The first-order valence-corrected chi connectivity index (χ1v) is 10.8. The minimum Gasteiger partial charge on any atom is -0.469 e. The Morgan fingerprint density at radius 2 is 2.10 bits per heavy atom. The Morgan fingerprint density at radius 3 is 2.79 bits per heavy atom. The van der Waals surface area contributed by atoms with Crippen molar-refractivity contribution in [1.29, 1.82) is 0 Å². The Balaban J connectivity index is 2.11. The summed E-state index contributed by atoms with van der Waals surface area (Å²) >= 11 is 7.26. The number of ether oxygens (including phenoxy) is 1. The zero-order valence-corrected chi connectivity index (χ0v) is 18.4. The van der Waals surface area contributed by atoms with Crippen LogP contribution in [0.1, 0.15) is 33.1 Å². The minimum absolute atomic E-state index is 0.123. The lowest BCUT2D eigenvalue weighted by Gasteiger charge is -2.14. The van der Waals surface area contributed by atoms with E-state index in [4.69, 9.17) is 11.6 Å². The third-order valence-corrected chi connectivity index (χ3v) is 5.46. The molecule has 1 aromatic heterocycles. The first-order valence-electron chi connectivity index (χ1n) is 9.48. The van der Waals surface area contributed by atoms with Crippen molar-refractivity contribution in [2.24, 2.45) is 5.92 Å². The summed E-state index contributed by atoms with van der Waals surface area (Å²) in [5.41, 5.74) is 0.387. The first kappa shape index (κ1) is 23.2. The van der Waals surface area contributed by atoms with Crippen LogP contribution in [0.5, 0.6) is 0 Å². The summed E-state index contributed by atoms with van der Waals surface area (Å²) in [6, 6.07) is 5.01. The van der Waals surface area contributed by atoms with Crippen LogP contribution < -0.4 is 10.9 Å². The molecule has 1 heterocycles. The summed E-state index contributed by atoms with van der Waals surface area (Å²) in [6.45, 7) is 5.10. The van der Waals surface area contributed by atoms with Crippen LogP contribution in [0.2, 0.25) is 5.02 Å². The van der Waals surface area contributed by atoms with Crippen LogP contribution >= 0.6 is 23.4 Å². The number of benzene rings is 1. The molecule has 0 fully saturated rings. The zero-order chi connectivity index (χ0) is 21.4. The van der Waals surface area contributed by atoms with E-state index >= 15 is 0 Å². The molecule has 0 aliphatic heterocycles. The SMILES string of the molecule is COC(=O)CCCNC(=O)CSc1nc2cc(Cl)ccc2c(=O)n1CCC(C)C.